The van der Waals surface area contributed by atoms with Crippen LogP contribution in [0.5, 0.6) is 0 Å². The van der Waals surface area contributed by atoms with Crippen molar-refractivity contribution in [1.29, 1.82) is 0 Å². The highest BCUT2D eigenvalue weighted by Crippen LogP contribution is 2.36. The van der Waals surface area contributed by atoms with E-state index in [-0.39, 0.29) is 11.9 Å². The largest absolute Gasteiger partial charge is 0.339 e. The molecule has 0 saturated carbocycles. The maximum atomic E-state index is 13.1. The standard InChI is InChI=1S/C21H27N3O3S2/c1-17(24-11-5-9-19(24)20-10-6-16-28-20)21(25)22-12-14-23(15-13-22)29(26,27)18-7-3-2-4-8-18/h2-4,6-8,10,16-17,19H,5,9,11-15H2,1H3. The monoisotopic (exact) mass is 433 g/mol. The van der Waals surface area contributed by atoms with Crippen molar-refractivity contribution in [2.75, 3.05) is 32.7 Å². The van der Waals surface area contributed by atoms with Gasteiger partial charge in [0.15, 0.2) is 0 Å². The zero-order chi connectivity index (χ0) is 20.4. The van der Waals surface area contributed by atoms with Crippen molar-refractivity contribution in [2.45, 2.75) is 36.7 Å². The molecule has 2 saturated heterocycles. The molecular weight excluding hydrogens is 406 g/mol. The molecule has 29 heavy (non-hydrogen) atoms. The summed E-state index contributed by atoms with van der Waals surface area (Å²) in [6, 6.07) is 12.8. The van der Waals surface area contributed by atoms with Gasteiger partial charge in [-0.25, -0.2) is 8.42 Å². The van der Waals surface area contributed by atoms with Crippen LogP contribution in [0.4, 0.5) is 0 Å². The number of amides is 1. The topological polar surface area (TPSA) is 60.9 Å². The van der Waals surface area contributed by atoms with E-state index in [9.17, 15) is 13.2 Å². The fourth-order valence-corrected chi connectivity index (χ4v) is 6.66. The summed E-state index contributed by atoms with van der Waals surface area (Å²) in [4.78, 5) is 18.9. The molecule has 3 heterocycles. The number of rotatable bonds is 5. The Hall–Kier alpha value is -1.74. The molecule has 0 aliphatic carbocycles. The third kappa shape index (κ3) is 4.12. The van der Waals surface area contributed by atoms with E-state index in [0.717, 1.165) is 19.4 Å². The van der Waals surface area contributed by atoms with Crippen molar-refractivity contribution < 1.29 is 13.2 Å². The Morgan fingerprint density at radius 1 is 1.03 bits per heavy atom. The maximum absolute atomic E-state index is 13.1. The van der Waals surface area contributed by atoms with Crippen LogP contribution in [0.25, 0.3) is 0 Å². The van der Waals surface area contributed by atoms with Crippen molar-refractivity contribution in [3.8, 4) is 0 Å². The zero-order valence-electron chi connectivity index (χ0n) is 16.6. The van der Waals surface area contributed by atoms with Crippen molar-refractivity contribution in [2.24, 2.45) is 0 Å². The molecule has 6 nitrogen and oxygen atoms in total. The van der Waals surface area contributed by atoms with Crippen molar-refractivity contribution in [3.63, 3.8) is 0 Å². The van der Waals surface area contributed by atoms with Crippen LogP contribution in [0.2, 0.25) is 0 Å². The molecule has 2 aliphatic rings. The lowest BCUT2D eigenvalue weighted by Gasteiger charge is -2.38. The SMILES string of the molecule is CC(C(=O)N1CCN(S(=O)(=O)c2ccccc2)CC1)N1CCCC1c1cccs1. The molecule has 0 radical (unpaired) electrons. The van der Waals surface area contributed by atoms with Crippen LogP contribution < -0.4 is 0 Å². The number of carbonyl (C=O) groups is 1. The molecule has 2 aromatic rings. The van der Waals surface area contributed by atoms with E-state index in [1.165, 1.54) is 9.18 Å². The molecule has 0 spiro atoms. The van der Waals surface area contributed by atoms with Crippen LogP contribution in [0.1, 0.15) is 30.7 Å². The van der Waals surface area contributed by atoms with Crippen molar-refractivity contribution >= 4 is 27.3 Å². The second-order valence-corrected chi connectivity index (χ2v) is 10.5. The lowest BCUT2D eigenvalue weighted by Crippen LogP contribution is -2.55. The molecule has 8 heteroatoms. The van der Waals surface area contributed by atoms with Crippen LogP contribution in [0.15, 0.2) is 52.7 Å². The van der Waals surface area contributed by atoms with Gasteiger partial charge in [-0.3, -0.25) is 9.69 Å². The number of carbonyl (C=O) groups excluding carboxylic acids is 1. The molecule has 1 aromatic heterocycles. The number of sulfonamides is 1. The fourth-order valence-electron chi connectivity index (χ4n) is 4.34. The van der Waals surface area contributed by atoms with Gasteiger partial charge in [-0.15, -0.1) is 11.3 Å². The summed E-state index contributed by atoms with van der Waals surface area (Å²) >= 11 is 1.75. The number of nitrogens with zero attached hydrogens (tertiary/aromatic N) is 3. The Kier molecular flexibility index (Phi) is 6.06. The second kappa shape index (κ2) is 8.55. The van der Waals surface area contributed by atoms with Gasteiger partial charge in [0.1, 0.15) is 0 Å². The summed E-state index contributed by atoms with van der Waals surface area (Å²) in [6.07, 6.45) is 2.19. The van der Waals surface area contributed by atoms with E-state index in [4.69, 9.17) is 0 Å². The summed E-state index contributed by atoms with van der Waals surface area (Å²) < 4.78 is 27.1. The summed E-state index contributed by atoms with van der Waals surface area (Å²) in [5, 5.41) is 2.09. The molecule has 156 valence electrons. The summed E-state index contributed by atoms with van der Waals surface area (Å²) in [5.41, 5.74) is 0. The maximum Gasteiger partial charge on any atom is 0.243 e. The number of hydrogen-bond donors (Lipinski definition) is 0. The Bertz CT molecular complexity index is 923. The Balaban J connectivity index is 1.39. The van der Waals surface area contributed by atoms with E-state index >= 15 is 0 Å². The van der Waals surface area contributed by atoms with Crippen LogP contribution in [0.3, 0.4) is 0 Å². The predicted molar refractivity (Wildman–Crippen MR) is 114 cm³/mol. The first kappa shape index (κ1) is 20.5. The van der Waals surface area contributed by atoms with Gasteiger partial charge in [-0.1, -0.05) is 24.3 Å². The van der Waals surface area contributed by atoms with Gasteiger partial charge in [0.05, 0.1) is 10.9 Å². The molecule has 1 amide bonds. The van der Waals surface area contributed by atoms with E-state index in [1.807, 2.05) is 11.8 Å². The first-order chi connectivity index (χ1) is 14.0. The average molecular weight is 434 g/mol. The fraction of sp³-hybridized carbons (Fsp3) is 0.476. The second-order valence-electron chi connectivity index (χ2n) is 7.63. The lowest BCUT2D eigenvalue weighted by molar-refractivity contribution is -0.138. The molecule has 2 unspecified atom stereocenters. The van der Waals surface area contributed by atoms with E-state index in [2.05, 4.69) is 22.4 Å². The van der Waals surface area contributed by atoms with Gasteiger partial charge in [-0.2, -0.15) is 4.31 Å². The smallest absolute Gasteiger partial charge is 0.243 e. The quantitative estimate of drug-likeness (QED) is 0.728. The first-order valence-electron chi connectivity index (χ1n) is 10.1. The third-order valence-electron chi connectivity index (χ3n) is 5.95. The predicted octanol–water partition coefficient (Wildman–Crippen LogP) is 2.81. The summed E-state index contributed by atoms with van der Waals surface area (Å²) in [7, 11) is -3.50. The third-order valence-corrected chi connectivity index (χ3v) is 8.84. The molecule has 2 aliphatic heterocycles. The van der Waals surface area contributed by atoms with E-state index in [0.29, 0.717) is 37.1 Å². The van der Waals surface area contributed by atoms with Gasteiger partial charge < -0.3 is 4.90 Å². The highest BCUT2D eigenvalue weighted by molar-refractivity contribution is 7.89. The van der Waals surface area contributed by atoms with Crippen LogP contribution >= 0.6 is 11.3 Å². The minimum atomic E-state index is -3.50. The van der Waals surface area contributed by atoms with Gasteiger partial charge in [0.2, 0.25) is 15.9 Å². The Morgan fingerprint density at radius 3 is 2.41 bits per heavy atom. The number of benzene rings is 1. The van der Waals surface area contributed by atoms with Gasteiger partial charge in [-0.05, 0) is 49.9 Å². The highest BCUT2D eigenvalue weighted by Gasteiger charge is 2.37. The molecule has 2 atom stereocenters. The number of thiophene rings is 1. The minimum Gasteiger partial charge on any atom is -0.339 e. The Labute approximate surface area is 176 Å². The van der Waals surface area contributed by atoms with Crippen LogP contribution in [0, 0.1) is 0 Å². The molecule has 4 rings (SSSR count). The van der Waals surface area contributed by atoms with Gasteiger partial charge in [0.25, 0.3) is 0 Å². The summed E-state index contributed by atoms with van der Waals surface area (Å²) in [5.74, 6) is 0.102. The Morgan fingerprint density at radius 2 is 1.76 bits per heavy atom. The highest BCUT2D eigenvalue weighted by atomic mass is 32.2. The first-order valence-corrected chi connectivity index (χ1v) is 12.4. The average Bonchev–Trinajstić information content (AvgIpc) is 3.45. The van der Waals surface area contributed by atoms with Crippen LogP contribution in [-0.2, 0) is 14.8 Å². The molecule has 1 aromatic carbocycles. The van der Waals surface area contributed by atoms with Gasteiger partial charge in [0, 0.05) is 37.1 Å². The molecule has 0 bridgehead atoms. The molecule has 0 N–H and O–H groups in total. The zero-order valence-corrected chi connectivity index (χ0v) is 18.2. The van der Waals surface area contributed by atoms with E-state index < -0.39 is 10.0 Å². The summed E-state index contributed by atoms with van der Waals surface area (Å²) in [6.45, 7) is 4.47. The molecular formula is C21H27N3O3S2. The van der Waals surface area contributed by atoms with E-state index in [1.54, 1.807) is 41.7 Å². The van der Waals surface area contributed by atoms with Crippen LogP contribution in [-0.4, -0.2) is 67.2 Å². The minimum absolute atomic E-state index is 0.102. The molecule has 2 fully saturated rings. The number of likely N-dealkylation sites (tertiary alicyclic amines) is 1. The van der Waals surface area contributed by atoms with Crippen molar-refractivity contribution in [3.05, 3.63) is 52.7 Å². The number of hydrogen-bond acceptors (Lipinski definition) is 5. The normalized spacial score (nSPS) is 22.7. The number of piperazine rings is 1. The van der Waals surface area contributed by atoms with Crippen molar-refractivity contribution in [1.82, 2.24) is 14.1 Å². The lowest BCUT2D eigenvalue weighted by atomic mass is 10.1. The van der Waals surface area contributed by atoms with Gasteiger partial charge >= 0.3 is 0 Å².